The van der Waals surface area contributed by atoms with Crippen molar-refractivity contribution >= 4 is 5.82 Å². The van der Waals surface area contributed by atoms with Gasteiger partial charge in [-0.05, 0) is 78.8 Å². The predicted octanol–water partition coefficient (Wildman–Crippen LogP) is 7.30. The van der Waals surface area contributed by atoms with Crippen molar-refractivity contribution in [1.29, 1.82) is 0 Å². The Balaban J connectivity index is 1.23. The number of nitrogens with zero attached hydrogens (tertiary/aromatic N) is 4. The Morgan fingerprint density at radius 1 is 0.891 bits per heavy atom. The van der Waals surface area contributed by atoms with Gasteiger partial charge in [0.05, 0.1) is 45.9 Å². The zero-order valence-corrected chi connectivity index (χ0v) is 25.9. The van der Waals surface area contributed by atoms with E-state index in [9.17, 15) is 8.78 Å². The monoisotopic (exact) mass is 629 g/mol. The molecule has 1 fully saturated rings. The van der Waals surface area contributed by atoms with E-state index in [2.05, 4.69) is 10.5 Å². The first-order valence-electron chi connectivity index (χ1n) is 15.5. The van der Waals surface area contributed by atoms with Crippen LogP contribution in [0.1, 0.15) is 61.0 Å². The second kappa shape index (κ2) is 14.7. The lowest BCUT2D eigenvalue weighted by Gasteiger charge is -2.18. The van der Waals surface area contributed by atoms with Crippen LogP contribution in [-0.2, 0) is 29.3 Å². The van der Waals surface area contributed by atoms with Gasteiger partial charge in [-0.1, -0.05) is 37.3 Å². The molecule has 46 heavy (non-hydrogen) atoms. The van der Waals surface area contributed by atoms with Gasteiger partial charge in [0.15, 0.2) is 28.8 Å². The van der Waals surface area contributed by atoms with Crippen LogP contribution in [0, 0.1) is 11.6 Å². The average molecular weight is 630 g/mol. The molecule has 240 valence electrons. The first kappa shape index (κ1) is 31.4. The summed E-state index contributed by atoms with van der Waals surface area (Å²) in [7, 11) is 1.64. The van der Waals surface area contributed by atoms with Crippen LogP contribution >= 0.6 is 0 Å². The maximum Gasteiger partial charge on any atom is 0.181 e. The van der Waals surface area contributed by atoms with E-state index in [1.54, 1.807) is 31.6 Å². The summed E-state index contributed by atoms with van der Waals surface area (Å²) in [4.78, 5) is 20.0. The van der Waals surface area contributed by atoms with Crippen molar-refractivity contribution in [1.82, 2.24) is 19.5 Å². The van der Waals surface area contributed by atoms with Gasteiger partial charge in [-0.15, -0.1) is 0 Å². The van der Waals surface area contributed by atoms with Gasteiger partial charge in [0, 0.05) is 5.92 Å². The second-order valence-corrected chi connectivity index (χ2v) is 11.6. The quantitative estimate of drug-likeness (QED) is 0.128. The van der Waals surface area contributed by atoms with Crippen LogP contribution in [0.3, 0.4) is 0 Å². The van der Waals surface area contributed by atoms with E-state index in [0.29, 0.717) is 47.6 Å². The van der Waals surface area contributed by atoms with Crippen molar-refractivity contribution in [3.63, 3.8) is 0 Å². The van der Waals surface area contributed by atoms with E-state index in [1.807, 2.05) is 35.8 Å². The molecule has 9 nitrogen and oxygen atoms in total. The lowest BCUT2D eigenvalue weighted by Crippen LogP contribution is -2.13. The first-order valence-corrected chi connectivity index (χ1v) is 15.5. The molecule has 1 unspecified atom stereocenters. The summed E-state index contributed by atoms with van der Waals surface area (Å²) in [5.74, 6) is 2.18. The number of hydrogen-bond acceptors (Lipinski definition) is 8. The van der Waals surface area contributed by atoms with E-state index in [1.165, 1.54) is 37.1 Å². The standard InChI is InChI=1S/C35H37F2N5O4/c1-23(19-44-20-25-7-5-9-27(36)15-25)33-39-32-34(41-45-21-26-8-6-10-28(37)16-26)38-22-42(35(32)40-33)18-24-13-14-30(43-2)31(17-24)46-29-11-3-4-12-29/h5-10,13-17,22-23,29,41H,3-4,11-12,18-21H2,1-2H3. The van der Waals surface area contributed by atoms with Gasteiger partial charge in [-0.25, -0.2) is 29.2 Å². The minimum Gasteiger partial charge on any atom is -0.493 e. The fourth-order valence-electron chi connectivity index (χ4n) is 5.53. The summed E-state index contributed by atoms with van der Waals surface area (Å²) >= 11 is 0. The highest BCUT2D eigenvalue weighted by molar-refractivity contribution is 5.67. The summed E-state index contributed by atoms with van der Waals surface area (Å²) in [5.41, 5.74) is 5.81. The van der Waals surface area contributed by atoms with E-state index >= 15 is 0 Å². The molecule has 1 N–H and O–H groups in total. The molecule has 0 spiro atoms. The molecule has 0 aromatic heterocycles. The normalized spacial score (nSPS) is 14.1. The van der Waals surface area contributed by atoms with Crippen molar-refractivity contribution in [3.8, 4) is 23.0 Å². The Morgan fingerprint density at radius 2 is 1.63 bits per heavy atom. The molecule has 0 bridgehead atoms. The van der Waals surface area contributed by atoms with Crippen LogP contribution in [0.5, 0.6) is 11.5 Å². The van der Waals surface area contributed by atoms with Gasteiger partial charge >= 0.3 is 0 Å². The molecule has 1 saturated carbocycles. The topological polar surface area (TPSA) is 92.6 Å². The Hall–Kier alpha value is -4.61. The molecule has 0 radical (unpaired) electrons. The molecular formula is C35H37F2N5O4. The van der Waals surface area contributed by atoms with E-state index < -0.39 is 0 Å². The van der Waals surface area contributed by atoms with Gasteiger partial charge in [-0.2, -0.15) is 0 Å². The summed E-state index contributed by atoms with van der Waals surface area (Å²) in [6.07, 6.45) is 6.30. The smallest absolute Gasteiger partial charge is 0.181 e. The van der Waals surface area contributed by atoms with Crippen LogP contribution in [0.4, 0.5) is 14.6 Å². The second-order valence-electron chi connectivity index (χ2n) is 11.6. The Bertz CT molecular complexity index is 1730. The molecule has 0 amide bonds. The lowest BCUT2D eigenvalue weighted by molar-refractivity contribution is 0.108. The zero-order chi connectivity index (χ0) is 31.9. The number of ether oxygens (including phenoxy) is 3. The highest BCUT2D eigenvalue weighted by Gasteiger charge is 2.24. The number of fused-ring (bicyclic) bond motifs is 1. The van der Waals surface area contributed by atoms with E-state index in [-0.39, 0.29) is 36.9 Å². The molecule has 6 rings (SSSR count). The SMILES string of the molecule is COc1ccc(Cn2cnc(NOCc3cccc(F)c3)c3nc(C(C)COCc4cccc(F)c4)nc2-3)cc1OC1CCCC1. The van der Waals surface area contributed by atoms with Crippen LogP contribution in [0.25, 0.3) is 11.5 Å². The lowest BCUT2D eigenvalue weighted by atomic mass is 10.2. The highest BCUT2D eigenvalue weighted by Crippen LogP contribution is 2.34. The van der Waals surface area contributed by atoms with Crippen molar-refractivity contribution in [2.45, 2.75) is 64.4 Å². The molecule has 11 heteroatoms. The average Bonchev–Trinajstić information content (AvgIpc) is 3.73. The molecule has 2 aliphatic heterocycles. The number of methoxy groups -OCH3 is 1. The summed E-state index contributed by atoms with van der Waals surface area (Å²) in [5, 5.41) is 0. The van der Waals surface area contributed by atoms with Crippen molar-refractivity contribution in [3.05, 3.63) is 107 Å². The molecule has 1 atom stereocenters. The molecule has 0 saturated heterocycles. The molecule has 3 aliphatic rings. The number of imidazole rings is 1. The molecule has 3 aromatic rings. The van der Waals surface area contributed by atoms with Gasteiger partial charge in [0.25, 0.3) is 0 Å². The summed E-state index contributed by atoms with van der Waals surface area (Å²) in [6.45, 7) is 3.16. The largest absolute Gasteiger partial charge is 0.493 e. The number of benzene rings is 3. The number of anilines is 1. The van der Waals surface area contributed by atoms with Gasteiger partial charge in [0.1, 0.15) is 17.5 Å². The molecule has 3 aromatic carbocycles. The van der Waals surface area contributed by atoms with Crippen molar-refractivity contribution in [2.24, 2.45) is 0 Å². The van der Waals surface area contributed by atoms with Crippen molar-refractivity contribution < 1.29 is 27.8 Å². The van der Waals surface area contributed by atoms with E-state index in [4.69, 9.17) is 29.0 Å². The highest BCUT2D eigenvalue weighted by atomic mass is 19.1. The maximum atomic E-state index is 13.6. The number of hydrogen-bond donors (Lipinski definition) is 1. The van der Waals surface area contributed by atoms with Crippen LogP contribution in [0.15, 0.2) is 73.1 Å². The Kier molecular flexibility index (Phi) is 10.00. The molecule has 1 aliphatic carbocycles. The van der Waals surface area contributed by atoms with Gasteiger partial charge in [0.2, 0.25) is 0 Å². The fourth-order valence-corrected chi connectivity index (χ4v) is 5.53. The van der Waals surface area contributed by atoms with Gasteiger partial charge in [-0.3, -0.25) is 4.84 Å². The van der Waals surface area contributed by atoms with Crippen LogP contribution < -0.4 is 15.0 Å². The third-order valence-electron chi connectivity index (χ3n) is 7.92. The van der Waals surface area contributed by atoms with Crippen molar-refractivity contribution in [2.75, 3.05) is 19.2 Å². The summed E-state index contributed by atoms with van der Waals surface area (Å²) < 4.78 is 46.9. The minimum absolute atomic E-state index is 0.122. The zero-order valence-electron chi connectivity index (χ0n) is 25.9. The number of rotatable bonds is 14. The number of aromatic nitrogens is 4. The maximum absolute atomic E-state index is 13.6. The summed E-state index contributed by atoms with van der Waals surface area (Å²) in [6, 6.07) is 18.5. The third kappa shape index (κ3) is 7.78. The van der Waals surface area contributed by atoms with Crippen LogP contribution in [-0.4, -0.2) is 39.3 Å². The minimum atomic E-state index is -0.335. The number of nitrogens with one attached hydrogen (secondary N) is 1. The molecular weight excluding hydrogens is 592 g/mol. The van der Waals surface area contributed by atoms with Crippen LogP contribution in [0.2, 0.25) is 0 Å². The predicted molar refractivity (Wildman–Crippen MR) is 169 cm³/mol. The van der Waals surface area contributed by atoms with Gasteiger partial charge < -0.3 is 18.8 Å². The Labute approximate surface area is 266 Å². The first-order chi connectivity index (χ1) is 22.4. The van der Waals surface area contributed by atoms with E-state index in [0.717, 1.165) is 29.7 Å². The Morgan fingerprint density at radius 3 is 2.35 bits per heavy atom. The fraction of sp³-hybridized carbons (Fsp3) is 0.343. The number of halogens is 2. The molecule has 2 heterocycles. The third-order valence-corrected chi connectivity index (χ3v) is 7.92.